The summed E-state index contributed by atoms with van der Waals surface area (Å²) >= 11 is 1.13. The van der Waals surface area contributed by atoms with Gasteiger partial charge in [-0.3, -0.25) is 14.2 Å². The number of nitrogens with one attached hydrogen (secondary N) is 1. The largest absolute Gasteiger partial charge is 0.463 e. The monoisotopic (exact) mass is 565 g/mol. The summed E-state index contributed by atoms with van der Waals surface area (Å²) in [6.45, 7) is 3.88. The topological polar surface area (TPSA) is 108 Å². The number of aryl methyl sites for hydroxylation is 1. The van der Waals surface area contributed by atoms with Crippen molar-refractivity contribution in [1.29, 1.82) is 0 Å². The maximum Gasteiger partial charge on any atom is 0.338 e. The molecule has 0 fully saturated rings. The van der Waals surface area contributed by atoms with E-state index in [4.69, 9.17) is 19.2 Å². The number of rotatable bonds is 4. The van der Waals surface area contributed by atoms with Crippen molar-refractivity contribution in [3.05, 3.63) is 114 Å². The van der Waals surface area contributed by atoms with Crippen LogP contribution in [0.2, 0.25) is 0 Å². The Morgan fingerprint density at radius 1 is 1.07 bits per heavy atom. The first-order valence-electron chi connectivity index (χ1n) is 13.1. The van der Waals surface area contributed by atoms with E-state index in [9.17, 15) is 14.4 Å². The van der Waals surface area contributed by atoms with E-state index in [0.29, 0.717) is 49.9 Å². The lowest BCUT2D eigenvalue weighted by Crippen LogP contribution is -2.40. The number of hydrogen-bond donors (Lipinski definition) is 1. The van der Waals surface area contributed by atoms with Crippen molar-refractivity contribution >= 4 is 40.2 Å². The molecule has 0 bridgehead atoms. The van der Waals surface area contributed by atoms with E-state index >= 15 is 0 Å². The normalized spacial score (nSPS) is 18.0. The van der Waals surface area contributed by atoms with Crippen molar-refractivity contribution < 1.29 is 23.8 Å². The zero-order chi connectivity index (χ0) is 28.2. The van der Waals surface area contributed by atoms with E-state index in [1.54, 1.807) is 25.1 Å². The molecule has 1 aromatic heterocycles. The van der Waals surface area contributed by atoms with Gasteiger partial charge in [0.2, 0.25) is 6.79 Å². The van der Waals surface area contributed by atoms with Gasteiger partial charge in [-0.25, -0.2) is 9.79 Å². The van der Waals surface area contributed by atoms with Gasteiger partial charge in [-0.15, -0.1) is 0 Å². The first kappa shape index (κ1) is 25.0. The van der Waals surface area contributed by atoms with Gasteiger partial charge in [0.05, 0.1) is 29.5 Å². The van der Waals surface area contributed by atoms with Gasteiger partial charge in [0.1, 0.15) is 4.53 Å². The first-order chi connectivity index (χ1) is 19.9. The highest BCUT2D eigenvalue weighted by molar-refractivity contribution is 7.07. The molecule has 0 aliphatic carbocycles. The van der Waals surface area contributed by atoms with E-state index in [2.05, 4.69) is 5.32 Å². The van der Waals surface area contributed by atoms with Gasteiger partial charge >= 0.3 is 5.97 Å². The van der Waals surface area contributed by atoms with Crippen molar-refractivity contribution in [2.45, 2.75) is 19.9 Å². The minimum absolute atomic E-state index is 0.0781. The van der Waals surface area contributed by atoms with Crippen molar-refractivity contribution in [2.75, 3.05) is 18.7 Å². The Balaban J connectivity index is 1.57. The average molecular weight is 566 g/mol. The standard InChI is InChI=1S/C31H23N3O6S/c1-3-38-30(37)24-25(17-7-5-4-6-8-17)33-31-34(26(24)18-10-12-21-22(14-18)40-15-39-21)29(36)27(41-31)23-19-13-16(2)9-11-20(19)32-28(23)35/h4-14,26H,3,15H2,1-2H3,(H,32,35)/b27-23-/t26-/m0/s1. The molecule has 1 N–H and O–H groups in total. The van der Waals surface area contributed by atoms with E-state index in [-0.39, 0.29) is 29.4 Å². The number of nitrogens with zero attached hydrogens (tertiary/aromatic N) is 2. The second kappa shape index (κ2) is 9.60. The second-order valence-corrected chi connectivity index (χ2v) is 10.7. The molecular weight excluding hydrogens is 542 g/mol. The van der Waals surface area contributed by atoms with Crippen LogP contribution >= 0.6 is 11.3 Å². The smallest absolute Gasteiger partial charge is 0.338 e. The second-order valence-electron chi connectivity index (χ2n) is 9.74. The molecule has 9 nitrogen and oxygen atoms in total. The number of benzene rings is 3. The molecule has 0 unspecified atom stereocenters. The number of aromatic nitrogens is 1. The summed E-state index contributed by atoms with van der Waals surface area (Å²) in [6.07, 6.45) is 0. The summed E-state index contributed by atoms with van der Waals surface area (Å²) in [6, 6.07) is 19.3. The third-order valence-corrected chi connectivity index (χ3v) is 8.26. The Morgan fingerprint density at radius 3 is 2.68 bits per heavy atom. The van der Waals surface area contributed by atoms with Crippen LogP contribution in [0.3, 0.4) is 0 Å². The molecule has 0 saturated heterocycles. The molecule has 0 radical (unpaired) electrons. The number of fused-ring (bicyclic) bond motifs is 3. The molecule has 1 amide bonds. The summed E-state index contributed by atoms with van der Waals surface area (Å²) in [4.78, 5) is 46.4. The van der Waals surface area contributed by atoms with Gasteiger partial charge in [-0.2, -0.15) is 0 Å². The maximum absolute atomic E-state index is 14.3. The molecule has 4 aromatic rings. The molecule has 41 heavy (non-hydrogen) atoms. The van der Waals surface area contributed by atoms with Crippen molar-refractivity contribution in [1.82, 2.24) is 4.57 Å². The van der Waals surface area contributed by atoms with Crippen LogP contribution in [0.4, 0.5) is 5.69 Å². The lowest BCUT2D eigenvalue weighted by Gasteiger charge is -2.26. The summed E-state index contributed by atoms with van der Waals surface area (Å²) in [5.41, 5.74) is 4.06. The third-order valence-electron chi connectivity index (χ3n) is 7.21. The van der Waals surface area contributed by atoms with E-state index in [0.717, 1.165) is 16.9 Å². The molecule has 0 saturated carbocycles. The van der Waals surface area contributed by atoms with Gasteiger partial charge in [0.25, 0.3) is 11.5 Å². The van der Waals surface area contributed by atoms with Crippen molar-refractivity contribution in [3.63, 3.8) is 0 Å². The van der Waals surface area contributed by atoms with Crippen LogP contribution in [-0.4, -0.2) is 29.8 Å². The molecule has 204 valence electrons. The van der Waals surface area contributed by atoms with Crippen molar-refractivity contribution in [3.8, 4) is 11.5 Å². The fourth-order valence-corrected chi connectivity index (χ4v) is 6.49. The van der Waals surface area contributed by atoms with Crippen LogP contribution in [0.1, 0.15) is 35.2 Å². The molecule has 3 aliphatic rings. The first-order valence-corrected chi connectivity index (χ1v) is 13.9. The number of carbonyl (C=O) groups is 2. The molecular formula is C31H23N3O6S. The SMILES string of the molecule is CCOC(=O)C1=C(c2ccccc2)N=c2s/c(=C3\C(=O)Nc4ccc(C)cc43)c(=O)n2[C@H]1c1ccc2c(c1)OCO2. The number of carbonyl (C=O) groups excluding carboxylic acids is 2. The number of amides is 1. The predicted octanol–water partition coefficient (Wildman–Crippen LogP) is 3.30. The van der Waals surface area contributed by atoms with Crippen LogP contribution < -0.4 is 29.7 Å². The quantitative estimate of drug-likeness (QED) is 0.381. The van der Waals surface area contributed by atoms with E-state index in [1.807, 2.05) is 55.5 Å². The van der Waals surface area contributed by atoms with E-state index in [1.165, 1.54) is 4.57 Å². The number of thiazole rings is 1. The summed E-state index contributed by atoms with van der Waals surface area (Å²) in [5.74, 6) is 0.134. The molecule has 3 aliphatic heterocycles. The van der Waals surface area contributed by atoms with Gasteiger partial charge in [0.15, 0.2) is 16.3 Å². The van der Waals surface area contributed by atoms with Gasteiger partial charge < -0.3 is 19.5 Å². The molecule has 1 atom stereocenters. The highest BCUT2D eigenvalue weighted by atomic mass is 32.1. The summed E-state index contributed by atoms with van der Waals surface area (Å²) < 4.78 is 18.4. The Hall–Kier alpha value is -4.96. The zero-order valence-electron chi connectivity index (χ0n) is 22.1. The highest BCUT2D eigenvalue weighted by Gasteiger charge is 2.37. The fourth-order valence-electron chi connectivity index (χ4n) is 5.40. The average Bonchev–Trinajstić information content (AvgIpc) is 3.66. The number of anilines is 1. The van der Waals surface area contributed by atoms with Crippen LogP contribution in [0.15, 0.2) is 82.1 Å². The Kier molecular flexibility index (Phi) is 5.86. The van der Waals surface area contributed by atoms with Crippen LogP contribution in [0.25, 0.3) is 11.3 Å². The number of esters is 1. The summed E-state index contributed by atoms with van der Waals surface area (Å²) in [5, 5.41) is 2.87. The molecule has 7 rings (SSSR count). The third kappa shape index (κ3) is 3.98. The van der Waals surface area contributed by atoms with Crippen molar-refractivity contribution in [2.24, 2.45) is 4.99 Å². The Labute approximate surface area is 237 Å². The van der Waals surface area contributed by atoms with Crippen LogP contribution in [0.5, 0.6) is 11.5 Å². The molecule has 10 heteroatoms. The maximum atomic E-state index is 14.3. The van der Waals surface area contributed by atoms with Gasteiger partial charge in [-0.1, -0.05) is 59.4 Å². The van der Waals surface area contributed by atoms with Gasteiger partial charge in [-0.05, 0) is 43.7 Å². The summed E-state index contributed by atoms with van der Waals surface area (Å²) in [7, 11) is 0. The van der Waals surface area contributed by atoms with E-state index < -0.39 is 17.6 Å². The lowest BCUT2D eigenvalue weighted by atomic mass is 9.93. The zero-order valence-corrected chi connectivity index (χ0v) is 22.9. The van der Waals surface area contributed by atoms with Crippen LogP contribution in [-0.2, 0) is 14.3 Å². The fraction of sp³-hybridized carbons (Fsp3) is 0.161. The number of hydrogen-bond acceptors (Lipinski definition) is 8. The molecule has 3 aromatic carbocycles. The Bertz CT molecular complexity index is 1990. The van der Waals surface area contributed by atoms with Crippen LogP contribution in [0, 0.1) is 6.92 Å². The lowest BCUT2D eigenvalue weighted by molar-refractivity contribution is -0.138. The van der Waals surface area contributed by atoms with Gasteiger partial charge in [0, 0.05) is 16.8 Å². The predicted molar refractivity (Wildman–Crippen MR) is 152 cm³/mol. The number of ether oxygens (including phenoxy) is 3. The Morgan fingerprint density at radius 2 is 1.88 bits per heavy atom. The highest BCUT2D eigenvalue weighted by Crippen LogP contribution is 2.40. The minimum atomic E-state index is -0.897. The molecule has 0 spiro atoms. The minimum Gasteiger partial charge on any atom is -0.463 e. The molecule has 4 heterocycles.